The van der Waals surface area contributed by atoms with Gasteiger partial charge in [0.1, 0.15) is 0 Å². The molecule has 0 atom stereocenters. The minimum absolute atomic E-state index is 0.0137. The molecule has 3 rings (SSSR count). The summed E-state index contributed by atoms with van der Waals surface area (Å²) in [7, 11) is 1.75. The summed E-state index contributed by atoms with van der Waals surface area (Å²) in [6.45, 7) is 4.35. The van der Waals surface area contributed by atoms with E-state index in [-0.39, 0.29) is 24.5 Å². The Morgan fingerprint density at radius 3 is 2.54 bits per heavy atom. The fourth-order valence-corrected chi connectivity index (χ4v) is 3.11. The van der Waals surface area contributed by atoms with Crippen LogP contribution in [0.25, 0.3) is 5.69 Å². The van der Waals surface area contributed by atoms with Gasteiger partial charge in [-0.1, -0.05) is 35.9 Å². The lowest BCUT2D eigenvalue weighted by molar-refractivity contribution is -0.130. The van der Waals surface area contributed by atoms with E-state index in [0.29, 0.717) is 12.1 Å². The van der Waals surface area contributed by atoms with Gasteiger partial charge in [0.25, 0.3) is 0 Å². The van der Waals surface area contributed by atoms with Crippen LogP contribution in [-0.2, 0) is 11.3 Å². The molecule has 0 saturated heterocycles. The summed E-state index contributed by atoms with van der Waals surface area (Å²) < 4.78 is 1.79. The third kappa shape index (κ3) is 4.74. The maximum absolute atomic E-state index is 12.5. The summed E-state index contributed by atoms with van der Waals surface area (Å²) in [5.74, 6) is -0.0361. The van der Waals surface area contributed by atoms with Gasteiger partial charge in [-0.2, -0.15) is 5.10 Å². The van der Waals surface area contributed by atoms with Crippen LogP contribution < -0.4 is 0 Å². The molecule has 5 heteroatoms. The highest BCUT2D eigenvalue weighted by Crippen LogP contribution is 2.15. The van der Waals surface area contributed by atoms with Crippen LogP contribution in [0, 0.1) is 13.8 Å². The van der Waals surface area contributed by atoms with E-state index in [1.807, 2.05) is 68.6 Å². The van der Waals surface area contributed by atoms with Gasteiger partial charge in [0.2, 0.25) is 5.91 Å². The van der Waals surface area contributed by atoms with Crippen molar-refractivity contribution in [2.45, 2.75) is 33.2 Å². The van der Waals surface area contributed by atoms with Gasteiger partial charge in [-0.3, -0.25) is 9.59 Å². The maximum atomic E-state index is 12.5. The first-order valence-electron chi connectivity index (χ1n) is 9.37. The zero-order valence-corrected chi connectivity index (χ0v) is 16.6. The van der Waals surface area contributed by atoms with E-state index in [2.05, 4.69) is 5.10 Å². The lowest BCUT2D eigenvalue weighted by Gasteiger charge is -2.16. The second-order valence-corrected chi connectivity index (χ2v) is 7.12. The van der Waals surface area contributed by atoms with Crippen LogP contribution in [0.15, 0.2) is 60.9 Å². The maximum Gasteiger partial charge on any atom is 0.223 e. The number of Topliss-reactive ketones (excluding diaryl/α,β-unsaturated/α-hetero) is 1. The Morgan fingerprint density at radius 2 is 1.79 bits per heavy atom. The molecular weight excluding hydrogens is 350 g/mol. The Hall–Kier alpha value is -3.21. The zero-order valence-electron chi connectivity index (χ0n) is 16.6. The van der Waals surface area contributed by atoms with Crippen LogP contribution in [0.4, 0.5) is 0 Å². The molecule has 1 heterocycles. The highest BCUT2D eigenvalue weighted by molar-refractivity contribution is 5.99. The molecule has 144 valence electrons. The molecular formula is C23H25N3O2. The molecule has 0 bridgehead atoms. The highest BCUT2D eigenvalue weighted by Gasteiger charge is 2.15. The fourth-order valence-electron chi connectivity index (χ4n) is 3.11. The van der Waals surface area contributed by atoms with Gasteiger partial charge in [-0.15, -0.1) is 0 Å². The van der Waals surface area contributed by atoms with E-state index in [1.165, 1.54) is 0 Å². The average molecular weight is 375 g/mol. The van der Waals surface area contributed by atoms with Crippen LogP contribution in [0.1, 0.15) is 39.9 Å². The van der Waals surface area contributed by atoms with Crippen LogP contribution in [-0.4, -0.2) is 33.4 Å². The predicted octanol–water partition coefficient (Wildman–Crippen LogP) is 4.11. The Balaban J connectivity index is 1.56. The number of carbonyl (C=O) groups is 2. The minimum atomic E-state index is -0.0499. The number of aryl methyl sites for hydroxylation is 2. The molecule has 0 N–H and O–H groups in total. The van der Waals surface area contributed by atoms with Gasteiger partial charge in [-0.25, -0.2) is 4.68 Å². The van der Waals surface area contributed by atoms with Crippen molar-refractivity contribution in [3.63, 3.8) is 0 Å². The normalized spacial score (nSPS) is 10.7. The number of benzene rings is 2. The molecule has 2 aromatic carbocycles. The SMILES string of the molecule is Cc1ccc(C)c(C(=O)CCC(=O)N(C)Cc2cnn(-c3ccccc3)c2)c1. The molecule has 0 unspecified atom stereocenters. The third-order valence-electron chi connectivity index (χ3n) is 4.76. The zero-order chi connectivity index (χ0) is 20.1. The van der Waals surface area contributed by atoms with Gasteiger partial charge in [0, 0.05) is 43.8 Å². The average Bonchev–Trinajstić information content (AvgIpc) is 3.16. The van der Waals surface area contributed by atoms with Gasteiger partial charge < -0.3 is 4.90 Å². The number of ketones is 1. The van der Waals surface area contributed by atoms with Crippen molar-refractivity contribution in [3.8, 4) is 5.69 Å². The van der Waals surface area contributed by atoms with E-state index >= 15 is 0 Å². The minimum Gasteiger partial charge on any atom is -0.341 e. The first-order valence-corrected chi connectivity index (χ1v) is 9.37. The second kappa shape index (κ2) is 8.65. The van der Waals surface area contributed by atoms with Gasteiger partial charge in [-0.05, 0) is 37.6 Å². The molecule has 0 aliphatic heterocycles. The van der Waals surface area contributed by atoms with Crippen LogP contribution in [0.3, 0.4) is 0 Å². The van der Waals surface area contributed by atoms with Crippen molar-refractivity contribution in [2.75, 3.05) is 7.05 Å². The molecule has 1 amide bonds. The monoisotopic (exact) mass is 375 g/mol. The van der Waals surface area contributed by atoms with E-state index in [1.54, 1.807) is 22.8 Å². The number of nitrogens with zero attached hydrogens (tertiary/aromatic N) is 3. The lowest BCUT2D eigenvalue weighted by Crippen LogP contribution is -2.26. The quantitative estimate of drug-likeness (QED) is 0.584. The Kier molecular flexibility index (Phi) is 6.04. The van der Waals surface area contributed by atoms with Gasteiger partial charge in [0.15, 0.2) is 5.78 Å². The van der Waals surface area contributed by atoms with Crippen molar-refractivity contribution >= 4 is 11.7 Å². The Bertz CT molecular complexity index is 977. The van der Waals surface area contributed by atoms with Crippen LogP contribution >= 0.6 is 0 Å². The van der Waals surface area contributed by atoms with E-state index in [9.17, 15) is 9.59 Å². The molecule has 1 aromatic heterocycles. The van der Waals surface area contributed by atoms with E-state index in [0.717, 1.165) is 22.4 Å². The van der Waals surface area contributed by atoms with Crippen molar-refractivity contribution in [3.05, 3.63) is 83.2 Å². The van der Waals surface area contributed by atoms with Crippen LogP contribution in [0.2, 0.25) is 0 Å². The topological polar surface area (TPSA) is 55.2 Å². The molecule has 3 aromatic rings. The molecule has 5 nitrogen and oxygen atoms in total. The molecule has 0 aliphatic rings. The summed E-state index contributed by atoms with van der Waals surface area (Å²) in [6.07, 6.45) is 4.10. The standard InChI is InChI=1S/C23H25N3O2/c1-17-9-10-18(2)21(13-17)22(27)11-12-23(28)25(3)15-19-14-24-26(16-19)20-7-5-4-6-8-20/h4-10,13-14,16H,11-12,15H2,1-3H3. The first-order chi connectivity index (χ1) is 13.4. The molecule has 0 fully saturated rings. The molecule has 28 heavy (non-hydrogen) atoms. The second-order valence-electron chi connectivity index (χ2n) is 7.12. The molecule has 0 radical (unpaired) electrons. The summed E-state index contributed by atoms with van der Waals surface area (Å²) in [4.78, 5) is 26.6. The number of amides is 1. The number of hydrogen-bond acceptors (Lipinski definition) is 3. The predicted molar refractivity (Wildman–Crippen MR) is 110 cm³/mol. The highest BCUT2D eigenvalue weighted by atomic mass is 16.2. The smallest absolute Gasteiger partial charge is 0.223 e. The summed E-state index contributed by atoms with van der Waals surface area (Å²) in [6, 6.07) is 15.7. The van der Waals surface area contributed by atoms with Crippen molar-refractivity contribution < 1.29 is 9.59 Å². The number of aromatic nitrogens is 2. The molecule has 0 saturated carbocycles. The van der Waals surface area contributed by atoms with Crippen molar-refractivity contribution in [1.29, 1.82) is 0 Å². The summed E-state index contributed by atoms with van der Waals surface area (Å²) in [5, 5.41) is 4.36. The Labute approximate surface area is 165 Å². The molecule has 0 aliphatic carbocycles. The third-order valence-corrected chi connectivity index (χ3v) is 4.76. The fraction of sp³-hybridized carbons (Fsp3) is 0.261. The van der Waals surface area contributed by atoms with Crippen molar-refractivity contribution in [1.82, 2.24) is 14.7 Å². The van der Waals surface area contributed by atoms with E-state index < -0.39 is 0 Å². The number of carbonyl (C=O) groups excluding carboxylic acids is 2. The Morgan fingerprint density at radius 1 is 1.04 bits per heavy atom. The summed E-state index contributed by atoms with van der Waals surface area (Å²) >= 11 is 0. The van der Waals surface area contributed by atoms with E-state index in [4.69, 9.17) is 0 Å². The molecule has 0 spiro atoms. The van der Waals surface area contributed by atoms with Gasteiger partial charge >= 0.3 is 0 Å². The largest absolute Gasteiger partial charge is 0.341 e. The number of rotatable bonds is 7. The van der Waals surface area contributed by atoms with Crippen LogP contribution in [0.5, 0.6) is 0 Å². The number of para-hydroxylation sites is 1. The first kappa shape index (κ1) is 19.5. The van der Waals surface area contributed by atoms with Crippen molar-refractivity contribution in [2.24, 2.45) is 0 Å². The van der Waals surface area contributed by atoms with Gasteiger partial charge in [0.05, 0.1) is 11.9 Å². The lowest BCUT2D eigenvalue weighted by atomic mass is 9.99. The summed E-state index contributed by atoms with van der Waals surface area (Å²) in [5.41, 5.74) is 4.62. The number of hydrogen-bond donors (Lipinski definition) is 0.